The Bertz CT molecular complexity index is 309. The van der Waals surface area contributed by atoms with Gasteiger partial charge < -0.3 is 0 Å². The summed E-state index contributed by atoms with van der Waals surface area (Å²) < 4.78 is 0. The maximum Gasteiger partial charge on any atom is 0.341 e. The van der Waals surface area contributed by atoms with Gasteiger partial charge in [0.2, 0.25) is 0 Å². The van der Waals surface area contributed by atoms with Crippen molar-refractivity contribution in [2.45, 2.75) is 63.8 Å². The summed E-state index contributed by atoms with van der Waals surface area (Å²) in [6.45, 7) is 0. The van der Waals surface area contributed by atoms with Gasteiger partial charge in [0.25, 0.3) is 0 Å². The highest BCUT2D eigenvalue weighted by Gasteiger charge is 2.23. The Morgan fingerprint density at radius 3 is 1.95 bits per heavy atom. The number of halogens is 3. The zero-order valence-electron chi connectivity index (χ0n) is 11.3. The van der Waals surface area contributed by atoms with Crippen molar-refractivity contribution < 1.29 is 0 Å². The Kier molecular flexibility index (Phi) is 9.86. The van der Waals surface area contributed by atoms with Crippen molar-refractivity contribution in [1.29, 1.82) is 0 Å². The maximum absolute atomic E-state index is 5.84. The molecule has 0 aliphatic carbocycles. The molecule has 1 rings (SSSR count). The zero-order valence-corrected chi connectivity index (χ0v) is 15.4. The molecule has 0 nitrogen and oxygen atoms in total. The van der Waals surface area contributed by atoms with E-state index in [1.165, 1.54) is 56.2 Å². The molecule has 1 heterocycles. The van der Waals surface area contributed by atoms with Gasteiger partial charge in [-0.15, -0.1) is 44.6 Å². The molecule has 0 amide bonds. The molecular formula is C14H23Cl3SSi. The van der Waals surface area contributed by atoms with Gasteiger partial charge in [-0.1, -0.05) is 51.0 Å². The van der Waals surface area contributed by atoms with Crippen LogP contribution in [-0.2, 0) is 6.42 Å². The molecular weight excluding hydrogens is 335 g/mol. The van der Waals surface area contributed by atoms with Crippen LogP contribution in [0.1, 0.15) is 56.2 Å². The van der Waals surface area contributed by atoms with Crippen molar-refractivity contribution in [3.05, 3.63) is 22.4 Å². The smallest absolute Gasteiger partial charge is 0.149 e. The largest absolute Gasteiger partial charge is 0.341 e. The van der Waals surface area contributed by atoms with Crippen molar-refractivity contribution in [3.63, 3.8) is 0 Å². The van der Waals surface area contributed by atoms with E-state index in [0.29, 0.717) is 0 Å². The van der Waals surface area contributed by atoms with Gasteiger partial charge in [0, 0.05) is 4.88 Å². The lowest BCUT2D eigenvalue weighted by atomic mass is 10.1. The average molecular weight is 358 g/mol. The molecule has 1 aromatic rings. The summed E-state index contributed by atoms with van der Waals surface area (Å²) in [6, 6.07) is 2.84. The third-order valence-electron chi connectivity index (χ3n) is 3.21. The minimum Gasteiger partial charge on any atom is -0.149 e. The first-order valence-corrected chi connectivity index (χ1v) is 13.3. The molecule has 19 heavy (non-hydrogen) atoms. The van der Waals surface area contributed by atoms with Crippen LogP contribution < -0.4 is 0 Å². The monoisotopic (exact) mass is 356 g/mol. The second-order valence-electron chi connectivity index (χ2n) is 5.02. The van der Waals surface area contributed by atoms with Crippen molar-refractivity contribution in [3.8, 4) is 0 Å². The minimum atomic E-state index is -2.35. The van der Waals surface area contributed by atoms with Crippen LogP contribution in [0.5, 0.6) is 0 Å². The number of rotatable bonds is 11. The van der Waals surface area contributed by atoms with Gasteiger partial charge >= 0.3 is 6.00 Å². The summed E-state index contributed by atoms with van der Waals surface area (Å²) in [5.41, 5.74) is 0. The first kappa shape index (κ1) is 17.8. The highest BCUT2D eigenvalue weighted by Crippen LogP contribution is 2.27. The van der Waals surface area contributed by atoms with E-state index < -0.39 is 6.00 Å². The molecule has 5 heteroatoms. The summed E-state index contributed by atoms with van der Waals surface area (Å²) in [5.74, 6) is 0. The molecule has 110 valence electrons. The number of hydrogen-bond donors (Lipinski definition) is 0. The van der Waals surface area contributed by atoms with Gasteiger partial charge in [-0.25, -0.2) is 0 Å². The molecule has 0 spiro atoms. The van der Waals surface area contributed by atoms with E-state index in [9.17, 15) is 0 Å². The fraction of sp³-hybridized carbons (Fsp3) is 0.714. The molecule has 0 saturated heterocycles. The summed E-state index contributed by atoms with van der Waals surface area (Å²) >= 11 is 19.4. The lowest BCUT2D eigenvalue weighted by Gasteiger charge is -2.06. The Balaban J connectivity index is 1.79. The molecule has 0 aliphatic rings. The van der Waals surface area contributed by atoms with Gasteiger partial charge in [-0.2, -0.15) is 0 Å². The quantitative estimate of drug-likeness (QED) is 0.226. The summed E-state index contributed by atoms with van der Waals surface area (Å²) in [7, 11) is 0. The van der Waals surface area contributed by atoms with E-state index in [4.69, 9.17) is 33.2 Å². The highest BCUT2D eigenvalue weighted by atomic mass is 35.8. The molecule has 0 bridgehead atoms. The number of thiophene rings is 1. The van der Waals surface area contributed by atoms with Gasteiger partial charge in [0.05, 0.1) is 0 Å². The van der Waals surface area contributed by atoms with Gasteiger partial charge in [0.15, 0.2) is 0 Å². The van der Waals surface area contributed by atoms with Crippen LogP contribution in [0.4, 0.5) is 0 Å². The minimum absolute atomic E-state index is 0.818. The topological polar surface area (TPSA) is 0 Å². The molecule has 0 radical (unpaired) electrons. The molecule has 0 aliphatic heterocycles. The normalized spacial score (nSPS) is 11.9. The Morgan fingerprint density at radius 2 is 1.42 bits per heavy atom. The molecule has 0 N–H and O–H groups in total. The average Bonchev–Trinajstić information content (AvgIpc) is 2.83. The van der Waals surface area contributed by atoms with Crippen molar-refractivity contribution in [2.24, 2.45) is 0 Å². The highest BCUT2D eigenvalue weighted by molar-refractivity contribution is 7.64. The molecule has 0 atom stereocenters. The first-order chi connectivity index (χ1) is 9.08. The SMILES string of the molecule is Cl[Si](Cl)(Cl)CCCCCCCCCCc1cccs1. The Labute approximate surface area is 136 Å². The van der Waals surface area contributed by atoms with E-state index in [0.717, 1.165) is 12.5 Å². The second kappa shape index (κ2) is 10.5. The van der Waals surface area contributed by atoms with E-state index >= 15 is 0 Å². The molecule has 1 aromatic heterocycles. The maximum atomic E-state index is 5.84. The predicted molar refractivity (Wildman–Crippen MR) is 93.1 cm³/mol. The molecule has 0 fully saturated rings. The lowest BCUT2D eigenvalue weighted by Crippen LogP contribution is -2.07. The molecule has 0 saturated carbocycles. The van der Waals surface area contributed by atoms with E-state index in [-0.39, 0.29) is 0 Å². The molecule has 0 aromatic carbocycles. The molecule has 0 unspecified atom stereocenters. The van der Waals surface area contributed by atoms with Crippen molar-refractivity contribution in [1.82, 2.24) is 0 Å². The van der Waals surface area contributed by atoms with Crippen molar-refractivity contribution in [2.75, 3.05) is 0 Å². The zero-order chi connectivity index (χ0) is 14.0. The second-order valence-corrected chi connectivity index (χ2v) is 15.3. The lowest BCUT2D eigenvalue weighted by molar-refractivity contribution is 0.576. The van der Waals surface area contributed by atoms with Crippen LogP contribution in [0, 0.1) is 0 Å². The summed E-state index contributed by atoms with van der Waals surface area (Å²) in [6.07, 6.45) is 11.6. The summed E-state index contributed by atoms with van der Waals surface area (Å²) in [4.78, 5) is 1.52. The fourth-order valence-electron chi connectivity index (χ4n) is 2.14. The van der Waals surface area contributed by atoms with Gasteiger partial charge in [-0.05, 0) is 30.3 Å². The Hall–Kier alpha value is 0.787. The van der Waals surface area contributed by atoms with E-state index in [1.807, 2.05) is 11.3 Å². The standard InChI is InChI=1S/C14H23Cl3SSi/c15-19(16,17)13-8-6-4-2-1-3-5-7-10-14-11-9-12-18-14/h9,11-12H,1-8,10,13H2. The summed E-state index contributed by atoms with van der Waals surface area (Å²) in [5, 5.41) is 2.16. The van der Waals surface area contributed by atoms with Crippen LogP contribution in [0.3, 0.4) is 0 Å². The number of unbranched alkanes of at least 4 members (excludes halogenated alkanes) is 7. The van der Waals surface area contributed by atoms with Crippen LogP contribution in [0.15, 0.2) is 17.5 Å². The van der Waals surface area contributed by atoms with Crippen LogP contribution in [0.25, 0.3) is 0 Å². The Morgan fingerprint density at radius 1 is 0.842 bits per heavy atom. The van der Waals surface area contributed by atoms with Crippen LogP contribution in [-0.4, -0.2) is 6.00 Å². The van der Waals surface area contributed by atoms with Crippen LogP contribution >= 0.6 is 44.6 Å². The van der Waals surface area contributed by atoms with Gasteiger partial charge in [-0.3, -0.25) is 0 Å². The third-order valence-corrected chi connectivity index (χ3v) is 6.77. The van der Waals surface area contributed by atoms with Gasteiger partial charge in [0.1, 0.15) is 0 Å². The van der Waals surface area contributed by atoms with Crippen molar-refractivity contribution >= 4 is 50.6 Å². The number of aryl methyl sites for hydroxylation is 1. The third kappa shape index (κ3) is 11.2. The van der Waals surface area contributed by atoms with E-state index in [1.54, 1.807) is 0 Å². The fourth-order valence-corrected chi connectivity index (χ4v) is 4.74. The predicted octanol–water partition coefficient (Wildman–Crippen LogP) is 7.07. The first-order valence-electron chi connectivity index (χ1n) is 7.17. The number of hydrogen-bond acceptors (Lipinski definition) is 1. The van der Waals surface area contributed by atoms with E-state index in [2.05, 4.69) is 17.5 Å². The van der Waals surface area contributed by atoms with Crippen LogP contribution in [0.2, 0.25) is 6.04 Å².